The van der Waals surface area contributed by atoms with Gasteiger partial charge in [-0.25, -0.2) is 4.79 Å². The summed E-state index contributed by atoms with van der Waals surface area (Å²) in [5, 5.41) is 11.1. The molecule has 1 atom stereocenters. The van der Waals surface area contributed by atoms with Crippen molar-refractivity contribution in [3.05, 3.63) is 58.6 Å². The fourth-order valence-electron chi connectivity index (χ4n) is 3.58. The number of quaternary nitrogens is 1. The maximum atomic E-state index is 11.4. The number of rotatable bonds is 7. The van der Waals surface area contributed by atoms with Gasteiger partial charge in [-0.1, -0.05) is 17.7 Å². The van der Waals surface area contributed by atoms with Crippen molar-refractivity contribution in [1.29, 1.82) is 0 Å². The van der Waals surface area contributed by atoms with E-state index in [2.05, 4.69) is 22.6 Å². The van der Waals surface area contributed by atoms with Gasteiger partial charge in [0.05, 0.1) is 38.9 Å². The van der Waals surface area contributed by atoms with Crippen molar-refractivity contribution in [3.8, 4) is 5.75 Å². The Bertz CT molecular complexity index is 820. The van der Waals surface area contributed by atoms with E-state index < -0.39 is 6.10 Å². The molecule has 0 aliphatic carbocycles. The summed E-state index contributed by atoms with van der Waals surface area (Å²) < 4.78 is 10.3. The minimum atomic E-state index is -0.551. The molecule has 0 aromatic heterocycles. The largest absolute Gasteiger partial charge is 0.491 e. The Morgan fingerprint density at radius 1 is 1.21 bits per heavy atom. The highest BCUT2D eigenvalue weighted by Crippen LogP contribution is 2.24. The van der Waals surface area contributed by atoms with Crippen LogP contribution in [0.1, 0.15) is 15.9 Å². The van der Waals surface area contributed by atoms with E-state index in [1.807, 2.05) is 12.1 Å². The molecule has 1 saturated heterocycles. The van der Waals surface area contributed by atoms with Gasteiger partial charge in [-0.05, 0) is 48.9 Å². The number of aryl methyl sites for hydroxylation is 1. The van der Waals surface area contributed by atoms with Crippen LogP contribution in [-0.2, 0) is 4.74 Å². The Morgan fingerprint density at radius 2 is 1.90 bits per heavy atom. The molecule has 1 aliphatic heterocycles. The first-order chi connectivity index (χ1) is 14.0. The molecule has 1 fully saturated rings. The number of nitrogens with zero attached hydrogens (tertiary/aromatic N) is 1. The van der Waals surface area contributed by atoms with E-state index in [0.717, 1.165) is 31.2 Å². The number of hydrogen-bond donors (Lipinski definition) is 2. The summed E-state index contributed by atoms with van der Waals surface area (Å²) in [6.45, 7) is 6.73. The van der Waals surface area contributed by atoms with Crippen molar-refractivity contribution in [2.24, 2.45) is 0 Å². The SMILES string of the molecule is COC(=O)c1ccc(OC[C@@H](O)C[NH+]2CCN(c3cc(Cl)ccc3C)CC2)cc1. The summed E-state index contributed by atoms with van der Waals surface area (Å²) in [5.41, 5.74) is 2.89. The van der Waals surface area contributed by atoms with E-state index in [-0.39, 0.29) is 12.6 Å². The molecule has 0 bridgehead atoms. The highest BCUT2D eigenvalue weighted by atomic mass is 35.5. The lowest BCUT2D eigenvalue weighted by Gasteiger charge is -2.35. The van der Waals surface area contributed by atoms with Crippen LogP contribution in [0.2, 0.25) is 5.02 Å². The van der Waals surface area contributed by atoms with Crippen molar-refractivity contribution in [2.75, 3.05) is 51.3 Å². The van der Waals surface area contributed by atoms with Gasteiger partial charge in [-0.3, -0.25) is 0 Å². The van der Waals surface area contributed by atoms with Crippen LogP contribution in [0.3, 0.4) is 0 Å². The summed E-state index contributed by atoms with van der Waals surface area (Å²) in [6, 6.07) is 12.7. The Kier molecular flexibility index (Phi) is 7.36. The number of nitrogens with one attached hydrogen (secondary N) is 1. The van der Waals surface area contributed by atoms with Crippen molar-refractivity contribution < 1.29 is 24.3 Å². The Morgan fingerprint density at radius 3 is 2.55 bits per heavy atom. The first kappa shape index (κ1) is 21.4. The number of aliphatic hydroxyl groups excluding tert-OH is 1. The molecule has 0 spiro atoms. The molecule has 29 heavy (non-hydrogen) atoms. The molecule has 1 heterocycles. The molecule has 2 aromatic carbocycles. The Hall–Kier alpha value is -2.28. The predicted octanol–water partition coefficient (Wildman–Crippen LogP) is 1.58. The average Bonchev–Trinajstić information content (AvgIpc) is 2.74. The fourth-order valence-corrected chi connectivity index (χ4v) is 3.75. The van der Waals surface area contributed by atoms with E-state index in [0.29, 0.717) is 17.9 Å². The number of carbonyl (C=O) groups is 1. The number of esters is 1. The Balaban J connectivity index is 1.43. The molecule has 0 radical (unpaired) electrons. The monoisotopic (exact) mass is 419 g/mol. The number of halogens is 1. The lowest BCUT2D eigenvalue weighted by atomic mass is 10.1. The maximum absolute atomic E-state index is 11.4. The van der Waals surface area contributed by atoms with Crippen LogP contribution >= 0.6 is 11.6 Å². The summed E-state index contributed by atoms with van der Waals surface area (Å²) in [5.74, 6) is 0.236. The molecule has 156 valence electrons. The molecule has 1 aliphatic rings. The van der Waals surface area contributed by atoms with E-state index in [1.165, 1.54) is 23.3 Å². The molecule has 0 amide bonds. The van der Waals surface area contributed by atoms with Crippen molar-refractivity contribution in [1.82, 2.24) is 0 Å². The van der Waals surface area contributed by atoms with Crippen LogP contribution < -0.4 is 14.5 Å². The quantitative estimate of drug-likeness (QED) is 0.667. The molecule has 7 heteroatoms. The molecule has 2 N–H and O–H groups in total. The number of aliphatic hydroxyl groups is 1. The third kappa shape index (κ3) is 5.85. The molecule has 6 nitrogen and oxygen atoms in total. The zero-order chi connectivity index (χ0) is 20.8. The second-order valence-electron chi connectivity index (χ2n) is 7.35. The number of ether oxygens (including phenoxy) is 2. The van der Waals surface area contributed by atoms with Gasteiger partial charge in [0.15, 0.2) is 0 Å². The molecule has 2 aromatic rings. The highest BCUT2D eigenvalue weighted by molar-refractivity contribution is 6.30. The predicted molar refractivity (Wildman–Crippen MR) is 113 cm³/mol. The maximum Gasteiger partial charge on any atom is 0.337 e. The third-order valence-corrected chi connectivity index (χ3v) is 5.46. The molecular weight excluding hydrogens is 392 g/mol. The first-order valence-corrected chi connectivity index (χ1v) is 10.2. The van der Waals surface area contributed by atoms with Crippen LogP contribution in [0.25, 0.3) is 0 Å². The van der Waals surface area contributed by atoms with Gasteiger partial charge in [0, 0.05) is 10.7 Å². The van der Waals surface area contributed by atoms with Gasteiger partial charge >= 0.3 is 5.97 Å². The van der Waals surface area contributed by atoms with E-state index in [4.69, 9.17) is 16.3 Å². The van der Waals surface area contributed by atoms with Crippen LogP contribution in [0.5, 0.6) is 5.75 Å². The van der Waals surface area contributed by atoms with Crippen LogP contribution in [-0.4, -0.2) is 63.6 Å². The van der Waals surface area contributed by atoms with Crippen LogP contribution in [0.4, 0.5) is 5.69 Å². The van der Waals surface area contributed by atoms with Crippen molar-refractivity contribution in [3.63, 3.8) is 0 Å². The van der Waals surface area contributed by atoms with Gasteiger partial charge in [0.1, 0.15) is 25.0 Å². The minimum Gasteiger partial charge on any atom is -0.491 e. The molecule has 3 rings (SSSR count). The number of piperazine rings is 1. The van der Waals surface area contributed by atoms with Gasteiger partial charge in [0.25, 0.3) is 0 Å². The van der Waals surface area contributed by atoms with Crippen molar-refractivity contribution >= 4 is 23.3 Å². The molecule has 0 saturated carbocycles. The van der Waals surface area contributed by atoms with Crippen LogP contribution in [0, 0.1) is 6.92 Å². The van der Waals surface area contributed by atoms with E-state index in [1.54, 1.807) is 24.3 Å². The standard InChI is InChI=1S/C22H27ClN2O4/c1-16-3-6-18(23)13-21(16)25-11-9-24(10-12-25)14-19(26)15-29-20-7-4-17(5-8-20)22(27)28-2/h3-8,13,19,26H,9-12,14-15H2,1-2H3/p+1/t19-/m0/s1. The van der Waals surface area contributed by atoms with E-state index >= 15 is 0 Å². The minimum absolute atomic E-state index is 0.220. The Labute approximate surface area is 176 Å². The summed E-state index contributed by atoms with van der Waals surface area (Å²) in [6.07, 6.45) is -0.551. The smallest absolute Gasteiger partial charge is 0.337 e. The highest BCUT2D eigenvalue weighted by Gasteiger charge is 2.23. The number of hydrogen-bond acceptors (Lipinski definition) is 5. The lowest BCUT2D eigenvalue weighted by molar-refractivity contribution is -0.903. The van der Waals surface area contributed by atoms with Crippen LogP contribution in [0.15, 0.2) is 42.5 Å². The molecular formula is C22H28ClN2O4+. The topological polar surface area (TPSA) is 63.4 Å². The number of benzene rings is 2. The lowest BCUT2D eigenvalue weighted by Crippen LogP contribution is -3.16. The summed E-state index contributed by atoms with van der Waals surface area (Å²) >= 11 is 6.15. The summed E-state index contributed by atoms with van der Waals surface area (Å²) in [7, 11) is 1.35. The second-order valence-corrected chi connectivity index (χ2v) is 7.79. The number of carbonyl (C=O) groups excluding carboxylic acids is 1. The average molecular weight is 420 g/mol. The van der Waals surface area contributed by atoms with Crippen molar-refractivity contribution in [2.45, 2.75) is 13.0 Å². The first-order valence-electron chi connectivity index (χ1n) is 9.80. The normalized spacial score (nSPS) is 15.8. The second kappa shape index (κ2) is 9.96. The van der Waals surface area contributed by atoms with E-state index in [9.17, 15) is 9.90 Å². The molecule has 0 unspecified atom stereocenters. The fraction of sp³-hybridized carbons (Fsp3) is 0.409. The van der Waals surface area contributed by atoms with Gasteiger partial charge in [-0.2, -0.15) is 0 Å². The van der Waals surface area contributed by atoms with Gasteiger partial charge < -0.3 is 24.4 Å². The zero-order valence-corrected chi connectivity index (χ0v) is 17.6. The zero-order valence-electron chi connectivity index (χ0n) is 16.9. The van der Waals surface area contributed by atoms with Gasteiger partial charge in [-0.15, -0.1) is 0 Å². The number of anilines is 1. The summed E-state index contributed by atoms with van der Waals surface area (Å²) in [4.78, 5) is 15.2. The number of methoxy groups -OCH3 is 1. The third-order valence-electron chi connectivity index (χ3n) is 5.22. The van der Waals surface area contributed by atoms with Gasteiger partial charge in [0.2, 0.25) is 0 Å².